The summed E-state index contributed by atoms with van der Waals surface area (Å²) in [4.78, 5) is 5.03. The van der Waals surface area contributed by atoms with Crippen LogP contribution in [0.1, 0.15) is 17.2 Å². The van der Waals surface area contributed by atoms with Crippen LogP contribution in [-0.4, -0.2) is 36.5 Å². The molecule has 26 heavy (non-hydrogen) atoms. The molecule has 1 saturated heterocycles. The number of hydrogen-bond acceptors (Lipinski definition) is 2. The molecule has 2 heteroatoms. The van der Waals surface area contributed by atoms with E-state index in [-0.39, 0.29) is 0 Å². The average molecular weight is 342 g/mol. The van der Waals surface area contributed by atoms with E-state index in [1.165, 1.54) is 22.3 Å². The molecule has 2 aromatic carbocycles. The number of nitrogens with zero attached hydrogens (tertiary/aromatic N) is 2. The lowest BCUT2D eigenvalue weighted by Crippen LogP contribution is -2.46. The van der Waals surface area contributed by atoms with E-state index >= 15 is 0 Å². The van der Waals surface area contributed by atoms with Crippen molar-refractivity contribution < 1.29 is 0 Å². The van der Waals surface area contributed by atoms with Crippen LogP contribution in [-0.2, 0) is 6.54 Å². The summed E-state index contributed by atoms with van der Waals surface area (Å²) in [6.45, 7) is 4.42. The maximum Gasteiger partial charge on any atom is 0.0479 e. The van der Waals surface area contributed by atoms with Gasteiger partial charge in [-0.2, -0.15) is 0 Å². The van der Waals surface area contributed by atoms with Crippen LogP contribution in [0.15, 0.2) is 84.9 Å². The number of piperazine rings is 1. The van der Waals surface area contributed by atoms with E-state index < -0.39 is 0 Å². The topological polar surface area (TPSA) is 6.48 Å². The summed E-state index contributed by atoms with van der Waals surface area (Å²) in [5.41, 5.74) is 5.68. The third kappa shape index (κ3) is 4.21. The molecule has 0 spiro atoms. The second-order valence-electron chi connectivity index (χ2n) is 7.23. The van der Waals surface area contributed by atoms with E-state index in [1.807, 2.05) is 0 Å². The van der Waals surface area contributed by atoms with E-state index in [4.69, 9.17) is 0 Å². The third-order valence-corrected chi connectivity index (χ3v) is 5.22. The Kier molecular flexibility index (Phi) is 5.14. The average Bonchev–Trinajstić information content (AvgIpc) is 3.30. The number of likely N-dealkylation sites (N-methyl/N-ethyl adjacent to an activating group) is 1. The number of benzene rings is 3. The molecule has 1 heterocycles. The summed E-state index contributed by atoms with van der Waals surface area (Å²) < 4.78 is 0. The first kappa shape index (κ1) is 17.0. The van der Waals surface area contributed by atoms with E-state index in [9.17, 15) is 0 Å². The molecule has 3 aliphatic rings. The molecule has 2 aromatic rings. The third-order valence-electron chi connectivity index (χ3n) is 5.22. The highest BCUT2D eigenvalue weighted by molar-refractivity contribution is 5.80. The van der Waals surface area contributed by atoms with E-state index in [0.717, 1.165) is 26.2 Å². The van der Waals surface area contributed by atoms with E-state index in [2.05, 4.69) is 102 Å². The van der Waals surface area contributed by atoms with Crippen molar-refractivity contribution in [2.45, 2.75) is 12.6 Å². The maximum atomic E-state index is 2.60. The van der Waals surface area contributed by atoms with Crippen molar-refractivity contribution in [3.63, 3.8) is 0 Å². The van der Waals surface area contributed by atoms with Crippen molar-refractivity contribution in [3.8, 4) is 11.1 Å². The summed E-state index contributed by atoms with van der Waals surface area (Å²) >= 11 is 0. The fraction of sp³-hybridized carbons (Fsp3) is 0.250. The fourth-order valence-electron chi connectivity index (χ4n) is 3.63. The lowest BCUT2D eigenvalue weighted by atomic mass is 10.0. The van der Waals surface area contributed by atoms with Crippen LogP contribution >= 0.6 is 0 Å². The zero-order valence-electron chi connectivity index (χ0n) is 15.4. The van der Waals surface area contributed by atoms with Gasteiger partial charge in [-0.05, 0) is 35.4 Å². The first-order chi connectivity index (χ1) is 12.8. The molecule has 0 N–H and O–H groups in total. The Bertz CT molecular complexity index is 812. The summed E-state index contributed by atoms with van der Waals surface area (Å²) in [6, 6.07) is 30.6. The Morgan fingerprint density at radius 3 is 2.00 bits per heavy atom. The van der Waals surface area contributed by atoms with Gasteiger partial charge in [0.25, 0.3) is 0 Å². The molecule has 0 radical (unpaired) electrons. The summed E-state index contributed by atoms with van der Waals surface area (Å²) in [5, 5.41) is 0. The van der Waals surface area contributed by atoms with Gasteiger partial charge < -0.3 is 4.90 Å². The molecule has 1 unspecified atom stereocenters. The van der Waals surface area contributed by atoms with Gasteiger partial charge in [-0.3, -0.25) is 4.90 Å². The minimum atomic E-state index is 0.496. The second-order valence-corrected chi connectivity index (χ2v) is 7.23. The fourth-order valence-corrected chi connectivity index (χ4v) is 3.63. The van der Waals surface area contributed by atoms with Crippen molar-refractivity contribution in [1.29, 1.82) is 0 Å². The second kappa shape index (κ2) is 7.86. The van der Waals surface area contributed by atoms with Gasteiger partial charge in [0.1, 0.15) is 0 Å². The van der Waals surface area contributed by atoms with Crippen LogP contribution in [0.4, 0.5) is 0 Å². The van der Waals surface area contributed by atoms with Crippen molar-refractivity contribution in [3.05, 3.63) is 96.1 Å². The number of rotatable bonds is 3. The van der Waals surface area contributed by atoms with Gasteiger partial charge in [0, 0.05) is 32.2 Å². The molecule has 0 bridgehead atoms. The molecule has 0 amide bonds. The molecule has 0 aromatic heterocycles. The smallest absolute Gasteiger partial charge is 0.0479 e. The van der Waals surface area contributed by atoms with Gasteiger partial charge in [-0.25, -0.2) is 0 Å². The van der Waals surface area contributed by atoms with Crippen molar-refractivity contribution >= 4 is 0 Å². The van der Waals surface area contributed by atoms with Crippen LogP contribution in [0, 0.1) is 0 Å². The quantitative estimate of drug-likeness (QED) is 0.525. The van der Waals surface area contributed by atoms with Crippen LogP contribution in [0.2, 0.25) is 0 Å². The number of hydrogen-bond donors (Lipinski definition) is 0. The zero-order valence-corrected chi connectivity index (χ0v) is 15.4. The van der Waals surface area contributed by atoms with Crippen molar-refractivity contribution in [2.75, 3.05) is 26.7 Å². The predicted octanol–water partition coefficient (Wildman–Crippen LogP) is 4.84. The molecule has 0 saturated carbocycles. The standard InChI is InChI=1S/C18H22N2.C6H4/c1-19-12-13-20(14-16-8-4-2-5-9-16)18(15-19)17-10-6-3-7-11-17;1-2-5-4-6(5)3-1/h2-11,18H,12-15H2,1H3;1-4H. The van der Waals surface area contributed by atoms with Gasteiger partial charge in [-0.15, -0.1) is 0 Å². The highest BCUT2D eigenvalue weighted by Crippen LogP contribution is 2.32. The monoisotopic (exact) mass is 342 g/mol. The normalized spacial score (nSPS) is 18.7. The van der Waals surface area contributed by atoms with E-state index in [0.29, 0.717) is 6.04 Å². The lowest BCUT2D eigenvalue weighted by Gasteiger charge is -2.40. The SMILES string of the molecule is CN1CCN(Cc2ccccc2)C(c2ccccc2)C1.c1cc2cc-2c1. The van der Waals surface area contributed by atoms with Gasteiger partial charge >= 0.3 is 0 Å². The lowest BCUT2D eigenvalue weighted by molar-refractivity contribution is 0.0834. The predicted molar refractivity (Wildman–Crippen MR) is 109 cm³/mol. The Morgan fingerprint density at radius 2 is 1.42 bits per heavy atom. The highest BCUT2D eigenvalue weighted by Gasteiger charge is 2.26. The Labute approximate surface area is 156 Å². The molecule has 1 fully saturated rings. The molecule has 1 aliphatic heterocycles. The minimum Gasteiger partial charge on any atom is -0.303 e. The Hall–Kier alpha value is -2.42. The van der Waals surface area contributed by atoms with Crippen LogP contribution in [0.3, 0.4) is 0 Å². The largest absolute Gasteiger partial charge is 0.303 e. The van der Waals surface area contributed by atoms with Gasteiger partial charge in [0.05, 0.1) is 0 Å². The molecular weight excluding hydrogens is 316 g/mol. The number of fused-ring (bicyclic) bond motifs is 1. The van der Waals surface area contributed by atoms with Crippen molar-refractivity contribution in [1.82, 2.24) is 9.80 Å². The molecule has 2 nitrogen and oxygen atoms in total. The molecule has 2 aliphatic carbocycles. The van der Waals surface area contributed by atoms with Gasteiger partial charge in [0.15, 0.2) is 0 Å². The van der Waals surface area contributed by atoms with Crippen LogP contribution in [0.25, 0.3) is 11.1 Å². The summed E-state index contributed by atoms with van der Waals surface area (Å²) in [7, 11) is 2.22. The molecule has 132 valence electrons. The van der Waals surface area contributed by atoms with Crippen molar-refractivity contribution in [2.24, 2.45) is 0 Å². The minimum absolute atomic E-state index is 0.496. The molecule has 1 atom stereocenters. The maximum absolute atomic E-state index is 2.60. The summed E-state index contributed by atoms with van der Waals surface area (Å²) in [6.07, 6.45) is 0. The van der Waals surface area contributed by atoms with Gasteiger partial charge in [-0.1, -0.05) is 78.9 Å². The summed E-state index contributed by atoms with van der Waals surface area (Å²) in [5.74, 6) is 0. The van der Waals surface area contributed by atoms with Gasteiger partial charge in [0.2, 0.25) is 0 Å². The van der Waals surface area contributed by atoms with Crippen LogP contribution < -0.4 is 0 Å². The highest BCUT2D eigenvalue weighted by atomic mass is 15.3. The first-order valence-electron chi connectivity index (χ1n) is 9.41. The molecular formula is C24H26N2. The van der Waals surface area contributed by atoms with E-state index in [1.54, 1.807) is 0 Å². The zero-order chi connectivity index (χ0) is 17.8. The molecule has 5 rings (SSSR count). The van der Waals surface area contributed by atoms with Crippen LogP contribution in [0.5, 0.6) is 0 Å². The Balaban J connectivity index is 0.000000233. The Morgan fingerprint density at radius 1 is 0.769 bits per heavy atom. The first-order valence-corrected chi connectivity index (χ1v) is 9.41.